The van der Waals surface area contributed by atoms with Crippen LogP contribution in [0.25, 0.3) is 0 Å². The lowest BCUT2D eigenvalue weighted by molar-refractivity contribution is -0.274. The van der Waals surface area contributed by atoms with E-state index >= 15 is 0 Å². The third kappa shape index (κ3) is 2.25. The number of amides is 1. The zero-order chi connectivity index (χ0) is 14.3. The van der Waals surface area contributed by atoms with Crippen molar-refractivity contribution >= 4 is 11.9 Å². The van der Waals surface area contributed by atoms with Gasteiger partial charge in [0.15, 0.2) is 0 Å². The molecule has 9 heteroatoms. The van der Waals surface area contributed by atoms with E-state index in [-0.39, 0.29) is 11.3 Å². The molecule has 0 aromatic heterocycles. The molecular weight excluding hydrogens is 265 g/mol. The average molecular weight is 275 g/mol. The number of halogens is 5. The molecular formula is C9H10F5NO3. The van der Waals surface area contributed by atoms with E-state index in [0.29, 0.717) is 0 Å². The number of hydrogen-bond acceptors (Lipinski definition) is 2. The molecule has 1 fully saturated rings. The van der Waals surface area contributed by atoms with Gasteiger partial charge in [0.25, 0.3) is 0 Å². The van der Waals surface area contributed by atoms with E-state index in [2.05, 4.69) is 0 Å². The summed E-state index contributed by atoms with van der Waals surface area (Å²) in [5, 5.41) is 8.70. The standard InChI is InChI=1S/C9H10F5NO3/c1-4-5(6(16)17)2-3-15(4)7(18)8(10,11)9(12,13)14/h4-5H,2-3H2,1H3,(H,16,17). The van der Waals surface area contributed by atoms with Crippen LogP contribution in [-0.4, -0.2) is 46.6 Å². The van der Waals surface area contributed by atoms with E-state index in [1.165, 1.54) is 0 Å². The van der Waals surface area contributed by atoms with Crippen molar-refractivity contribution in [3.05, 3.63) is 0 Å². The first-order valence-electron chi connectivity index (χ1n) is 4.98. The Bertz CT molecular complexity index is 368. The lowest BCUT2D eigenvalue weighted by atomic mass is 10.0. The van der Waals surface area contributed by atoms with Gasteiger partial charge in [-0.2, -0.15) is 22.0 Å². The highest BCUT2D eigenvalue weighted by atomic mass is 19.4. The Hall–Kier alpha value is -1.41. The van der Waals surface area contributed by atoms with Crippen LogP contribution in [0.15, 0.2) is 0 Å². The molecule has 1 aliphatic rings. The quantitative estimate of drug-likeness (QED) is 0.777. The lowest BCUT2D eigenvalue weighted by Crippen LogP contribution is -2.53. The average Bonchev–Trinajstić information content (AvgIpc) is 2.57. The van der Waals surface area contributed by atoms with Crippen LogP contribution in [0.2, 0.25) is 0 Å². The lowest BCUT2D eigenvalue weighted by Gasteiger charge is -2.28. The van der Waals surface area contributed by atoms with Gasteiger partial charge in [-0.1, -0.05) is 0 Å². The molecule has 0 saturated carbocycles. The molecule has 104 valence electrons. The predicted octanol–water partition coefficient (Wildman–Crippen LogP) is 1.51. The molecule has 18 heavy (non-hydrogen) atoms. The van der Waals surface area contributed by atoms with Crippen molar-refractivity contribution in [1.29, 1.82) is 0 Å². The van der Waals surface area contributed by atoms with E-state index < -0.39 is 42.5 Å². The summed E-state index contributed by atoms with van der Waals surface area (Å²) in [4.78, 5) is 22.1. The van der Waals surface area contributed by atoms with Crippen molar-refractivity contribution in [2.75, 3.05) is 6.54 Å². The fourth-order valence-corrected chi connectivity index (χ4v) is 1.86. The van der Waals surface area contributed by atoms with Crippen LogP contribution in [0.3, 0.4) is 0 Å². The van der Waals surface area contributed by atoms with E-state index in [4.69, 9.17) is 5.11 Å². The van der Waals surface area contributed by atoms with Crippen LogP contribution in [0.5, 0.6) is 0 Å². The van der Waals surface area contributed by atoms with Gasteiger partial charge in [-0.25, -0.2) is 0 Å². The molecule has 1 aliphatic heterocycles. The molecule has 1 saturated heterocycles. The number of aliphatic carboxylic acids is 1. The van der Waals surface area contributed by atoms with Gasteiger partial charge in [0.1, 0.15) is 0 Å². The van der Waals surface area contributed by atoms with Gasteiger partial charge in [-0.15, -0.1) is 0 Å². The number of carbonyl (C=O) groups excluding carboxylic acids is 1. The van der Waals surface area contributed by atoms with E-state index in [0.717, 1.165) is 6.92 Å². The Kier molecular flexibility index (Phi) is 3.55. The second-order valence-electron chi connectivity index (χ2n) is 4.04. The second kappa shape index (κ2) is 4.36. The first kappa shape index (κ1) is 14.7. The maximum atomic E-state index is 12.8. The molecule has 0 aliphatic carbocycles. The Morgan fingerprint density at radius 2 is 1.72 bits per heavy atom. The van der Waals surface area contributed by atoms with Gasteiger partial charge >= 0.3 is 24.0 Å². The van der Waals surface area contributed by atoms with Crippen molar-refractivity contribution in [1.82, 2.24) is 4.90 Å². The number of rotatable bonds is 2. The van der Waals surface area contributed by atoms with Crippen molar-refractivity contribution in [3.8, 4) is 0 Å². The number of carboxylic acids is 1. The smallest absolute Gasteiger partial charge is 0.463 e. The number of hydrogen-bond donors (Lipinski definition) is 1. The zero-order valence-electron chi connectivity index (χ0n) is 9.17. The van der Waals surface area contributed by atoms with E-state index in [1.807, 2.05) is 0 Å². The summed E-state index contributed by atoms with van der Waals surface area (Å²) in [6.07, 6.45) is -6.12. The third-order valence-electron chi connectivity index (χ3n) is 2.96. The van der Waals surface area contributed by atoms with Crippen molar-refractivity contribution in [2.24, 2.45) is 5.92 Å². The molecule has 0 radical (unpaired) electrons. The maximum Gasteiger partial charge on any atom is 0.463 e. The van der Waals surface area contributed by atoms with Gasteiger partial charge in [0.2, 0.25) is 0 Å². The molecule has 1 N–H and O–H groups in total. The number of carbonyl (C=O) groups is 2. The molecule has 2 unspecified atom stereocenters. The molecule has 2 atom stereocenters. The highest BCUT2D eigenvalue weighted by molar-refractivity contribution is 5.86. The van der Waals surface area contributed by atoms with E-state index in [9.17, 15) is 31.5 Å². The monoisotopic (exact) mass is 275 g/mol. The summed E-state index contributed by atoms with van der Waals surface area (Å²) >= 11 is 0. The first-order valence-corrected chi connectivity index (χ1v) is 4.98. The first-order chi connectivity index (χ1) is 8.00. The Morgan fingerprint density at radius 3 is 2.06 bits per heavy atom. The zero-order valence-corrected chi connectivity index (χ0v) is 9.17. The summed E-state index contributed by atoms with van der Waals surface area (Å²) in [6, 6.07) is -1.19. The minimum absolute atomic E-state index is 0.143. The van der Waals surface area contributed by atoms with Crippen molar-refractivity contribution in [3.63, 3.8) is 0 Å². The molecule has 1 heterocycles. The van der Waals surface area contributed by atoms with Gasteiger partial charge in [-0.05, 0) is 13.3 Å². The Labute approximate surface area is 98.4 Å². The van der Waals surface area contributed by atoms with Crippen LogP contribution >= 0.6 is 0 Å². The van der Waals surface area contributed by atoms with Crippen LogP contribution in [-0.2, 0) is 9.59 Å². The van der Waals surface area contributed by atoms with Crippen LogP contribution in [0.1, 0.15) is 13.3 Å². The Morgan fingerprint density at radius 1 is 1.22 bits per heavy atom. The number of alkyl halides is 5. The predicted molar refractivity (Wildman–Crippen MR) is 47.9 cm³/mol. The van der Waals surface area contributed by atoms with Crippen LogP contribution in [0, 0.1) is 5.92 Å². The fraction of sp³-hybridized carbons (Fsp3) is 0.778. The summed E-state index contributed by atoms with van der Waals surface area (Å²) in [5.74, 6) is -10.3. The van der Waals surface area contributed by atoms with Gasteiger partial charge in [0, 0.05) is 12.6 Å². The molecule has 0 aromatic rings. The number of likely N-dealkylation sites (tertiary alicyclic amines) is 1. The second-order valence-corrected chi connectivity index (χ2v) is 4.04. The maximum absolute atomic E-state index is 12.8. The molecule has 0 spiro atoms. The van der Waals surface area contributed by atoms with Crippen LogP contribution in [0.4, 0.5) is 22.0 Å². The summed E-state index contributed by atoms with van der Waals surface area (Å²) in [6.45, 7) is 0.707. The van der Waals surface area contributed by atoms with Gasteiger partial charge < -0.3 is 10.0 Å². The fourth-order valence-electron chi connectivity index (χ4n) is 1.86. The van der Waals surface area contributed by atoms with Gasteiger partial charge in [0.05, 0.1) is 5.92 Å². The van der Waals surface area contributed by atoms with Crippen molar-refractivity contribution < 1.29 is 36.6 Å². The largest absolute Gasteiger partial charge is 0.481 e. The highest BCUT2D eigenvalue weighted by Gasteiger charge is 2.65. The number of carboxylic acid groups (broad SMARTS) is 1. The Balaban J connectivity index is 2.91. The van der Waals surface area contributed by atoms with E-state index in [1.54, 1.807) is 0 Å². The molecule has 0 aromatic carbocycles. The molecule has 1 rings (SSSR count). The van der Waals surface area contributed by atoms with Crippen LogP contribution < -0.4 is 0 Å². The topological polar surface area (TPSA) is 57.6 Å². The summed E-state index contributed by atoms with van der Waals surface area (Å²) < 4.78 is 61.6. The number of nitrogens with zero attached hydrogens (tertiary/aromatic N) is 1. The van der Waals surface area contributed by atoms with Crippen molar-refractivity contribution in [2.45, 2.75) is 31.5 Å². The van der Waals surface area contributed by atoms with Gasteiger partial charge in [-0.3, -0.25) is 9.59 Å². The minimum Gasteiger partial charge on any atom is -0.481 e. The minimum atomic E-state index is -5.98. The molecule has 1 amide bonds. The SMILES string of the molecule is CC1C(C(=O)O)CCN1C(=O)C(F)(F)C(F)(F)F. The third-order valence-corrected chi connectivity index (χ3v) is 2.96. The molecule has 4 nitrogen and oxygen atoms in total. The molecule has 0 bridgehead atoms. The summed E-state index contributed by atoms with van der Waals surface area (Å²) in [5.41, 5.74) is 0. The normalized spacial score (nSPS) is 25.3. The summed E-state index contributed by atoms with van der Waals surface area (Å²) in [7, 11) is 0. The highest BCUT2D eigenvalue weighted by Crippen LogP contribution is 2.39.